The van der Waals surface area contributed by atoms with E-state index in [1.165, 1.54) is 0 Å². The van der Waals surface area contributed by atoms with Crippen molar-refractivity contribution in [2.45, 2.75) is 64.2 Å². The molecule has 224 valence electrons. The fourth-order valence-electron chi connectivity index (χ4n) is 4.77. The van der Waals surface area contributed by atoms with E-state index in [1.807, 2.05) is 13.0 Å². The highest BCUT2D eigenvalue weighted by Gasteiger charge is 2.46. The molecule has 10 nitrogen and oxygen atoms in total. The number of ketones is 2. The van der Waals surface area contributed by atoms with Crippen molar-refractivity contribution < 1.29 is 43.3 Å². The summed E-state index contributed by atoms with van der Waals surface area (Å²) in [5.74, 6) is -2.92. The normalized spacial score (nSPS) is 16.5. The molecule has 10 heteroatoms. The molecule has 1 N–H and O–H groups in total. The Morgan fingerprint density at radius 1 is 1.02 bits per heavy atom. The lowest BCUT2D eigenvalue weighted by molar-refractivity contribution is -0.166. The number of esters is 1. The van der Waals surface area contributed by atoms with E-state index in [-0.39, 0.29) is 31.0 Å². The topological polar surface area (TPSA) is 137 Å². The summed E-state index contributed by atoms with van der Waals surface area (Å²) in [6.45, 7) is 2.91. The highest BCUT2D eigenvalue weighted by molar-refractivity contribution is 6.25. The molecule has 42 heavy (non-hydrogen) atoms. The average Bonchev–Trinajstić information content (AvgIpc) is 3.36. The summed E-state index contributed by atoms with van der Waals surface area (Å²) in [5.41, 5.74) is 2.10. The van der Waals surface area contributed by atoms with Crippen LogP contribution in [-0.4, -0.2) is 72.1 Å². The lowest BCUT2D eigenvalue weighted by atomic mass is 9.94. The number of hydrogen-bond acceptors (Lipinski definition) is 9. The van der Waals surface area contributed by atoms with Crippen molar-refractivity contribution >= 4 is 35.1 Å². The molecule has 2 aromatic carbocycles. The molecule has 1 aliphatic rings. The second kappa shape index (κ2) is 15.7. The highest BCUT2D eigenvalue weighted by Crippen LogP contribution is 2.30. The van der Waals surface area contributed by atoms with Gasteiger partial charge in [-0.05, 0) is 37.0 Å². The second-order valence-electron chi connectivity index (χ2n) is 10.0. The Kier molecular flexibility index (Phi) is 12.1. The molecule has 1 aliphatic heterocycles. The van der Waals surface area contributed by atoms with Gasteiger partial charge in [-0.2, -0.15) is 0 Å². The zero-order valence-corrected chi connectivity index (χ0v) is 24.1. The van der Waals surface area contributed by atoms with Crippen LogP contribution in [-0.2, 0) is 33.4 Å². The van der Waals surface area contributed by atoms with Crippen molar-refractivity contribution in [2.24, 2.45) is 0 Å². The van der Waals surface area contributed by atoms with Crippen LogP contribution in [0.25, 0.3) is 5.57 Å². The summed E-state index contributed by atoms with van der Waals surface area (Å²) in [6.07, 6.45) is -0.467. The van der Waals surface area contributed by atoms with Crippen molar-refractivity contribution in [3.63, 3.8) is 0 Å². The third-order valence-corrected chi connectivity index (χ3v) is 6.87. The number of amides is 2. The maximum atomic E-state index is 13.7. The fraction of sp³-hybridized carbons (Fsp3) is 0.406. The second-order valence-corrected chi connectivity index (χ2v) is 10.0. The molecule has 2 amide bonds. The predicted octanol–water partition coefficient (Wildman–Crippen LogP) is 4.13. The van der Waals surface area contributed by atoms with E-state index in [2.05, 4.69) is 0 Å². The summed E-state index contributed by atoms with van der Waals surface area (Å²) in [7, 11) is 1.16. The van der Waals surface area contributed by atoms with Crippen molar-refractivity contribution in [1.29, 1.82) is 0 Å². The molecule has 0 radical (unpaired) electrons. The van der Waals surface area contributed by atoms with Crippen molar-refractivity contribution in [1.82, 2.24) is 4.90 Å². The molecule has 3 rings (SSSR count). The van der Waals surface area contributed by atoms with Gasteiger partial charge in [-0.1, -0.05) is 73.0 Å². The number of carbonyl (C=O) groups is 5. The number of ether oxygens (including phenoxy) is 3. The predicted molar refractivity (Wildman–Crippen MR) is 153 cm³/mol. The van der Waals surface area contributed by atoms with Crippen molar-refractivity contribution in [2.75, 3.05) is 20.3 Å². The number of cyclic esters (lactones) is 1. The molecule has 1 fully saturated rings. The highest BCUT2D eigenvalue weighted by atomic mass is 16.6. The SMILES string of the molecule is CO[C@H](C(=O)N1C(=O)OC[C@@H]1c1ccccc1)[C@H](OC(C)=O)C(=O)C=C(C(=O)CCCCCCO)c1cccc(C)c1. The van der Waals surface area contributed by atoms with Gasteiger partial charge in [-0.15, -0.1) is 0 Å². The lowest BCUT2D eigenvalue weighted by Crippen LogP contribution is -2.51. The van der Waals surface area contributed by atoms with Gasteiger partial charge in [-0.25, -0.2) is 9.69 Å². The number of hydrogen-bond donors (Lipinski definition) is 1. The Balaban J connectivity index is 1.95. The van der Waals surface area contributed by atoms with Crippen molar-refractivity contribution in [3.8, 4) is 0 Å². The van der Waals surface area contributed by atoms with Gasteiger partial charge in [0.2, 0.25) is 0 Å². The molecule has 1 saturated heterocycles. The zero-order valence-electron chi connectivity index (χ0n) is 24.1. The monoisotopic (exact) mass is 579 g/mol. The van der Waals surface area contributed by atoms with E-state index >= 15 is 0 Å². The Hall–Kier alpha value is -4.15. The van der Waals surface area contributed by atoms with E-state index in [1.54, 1.807) is 48.5 Å². The minimum absolute atomic E-state index is 0.0784. The first-order valence-corrected chi connectivity index (χ1v) is 13.9. The molecule has 0 aromatic heterocycles. The quantitative estimate of drug-likeness (QED) is 0.188. The number of rotatable bonds is 15. The summed E-state index contributed by atoms with van der Waals surface area (Å²) >= 11 is 0. The maximum Gasteiger partial charge on any atom is 0.417 e. The van der Waals surface area contributed by atoms with Crippen LogP contribution < -0.4 is 0 Å². The number of nitrogens with zero attached hydrogens (tertiary/aromatic N) is 1. The molecular formula is C32H37NO9. The third kappa shape index (κ3) is 8.43. The van der Waals surface area contributed by atoms with Crippen LogP contribution in [0.4, 0.5) is 4.79 Å². The van der Waals surface area contributed by atoms with E-state index in [4.69, 9.17) is 19.3 Å². The van der Waals surface area contributed by atoms with Crippen LogP contribution in [0.1, 0.15) is 61.8 Å². The first-order valence-electron chi connectivity index (χ1n) is 13.9. The molecule has 0 unspecified atom stereocenters. The van der Waals surface area contributed by atoms with Gasteiger partial charge >= 0.3 is 12.1 Å². The molecule has 3 atom stereocenters. The lowest BCUT2D eigenvalue weighted by Gasteiger charge is -2.28. The molecule has 0 spiro atoms. The summed E-state index contributed by atoms with van der Waals surface area (Å²) < 4.78 is 15.8. The number of Topliss-reactive ketones (excluding diaryl/α,β-unsaturated/α-hetero) is 1. The zero-order chi connectivity index (χ0) is 30.6. The molecule has 1 heterocycles. The first-order chi connectivity index (χ1) is 20.2. The number of aryl methyl sites for hydroxylation is 1. The van der Waals surface area contributed by atoms with Gasteiger partial charge in [0.25, 0.3) is 5.91 Å². The van der Waals surface area contributed by atoms with Crippen LogP contribution in [0.15, 0.2) is 60.7 Å². The number of aliphatic hydroxyl groups is 1. The maximum absolute atomic E-state index is 13.7. The smallest absolute Gasteiger partial charge is 0.417 e. The van der Waals surface area contributed by atoms with Crippen LogP contribution in [0.5, 0.6) is 0 Å². The number of aliphatic hydroxyl groups excluding tert-OH is 1. The minimum Gasteiger partial charge on any atom is -0.451 e. The number of imide groups is 1. The Labute approximate surface area is 245 Å². The van der Waals surface area contributed by atoms with Gasteiger partial charge in [0, 0.05) is 32.6 Å². The van der Waals surface area contributed by atoms with E-state index in [0.717, 1.165) is 43.4 Å². The number of methoxy groups -OCH3 is 1. The number of benzene rings is 2. The van der Waals surface area contributed by atoms with Crippen molar-refractivity contribution in [3.05, 3.63) is 77.4 Å². The molecule has 0 bridgehead atoms. The molecule has 0 saturated carbocycles. The van der Waals surface area contributed by atoms with Crippen LogP contribution in [0.3, 0.4) is 0 Å². The van der Waals surface area contributed by atoms with Gasteiger partial charge in [0.15, 0.2) is 23.8 Å². The molecule has 2 aromatic rings. The van der Waals surface area contributed by atoms with E-state index in [9.17, 15) is 24.0 Å². The minimum atomic E-state index is -1.78. The van der Waals surface area contributed by atoms with Crippen LogP contribution in [0.2, 0.25) is 0 Å². The fourth-order valence-corrected chi connectivity index (χ4v) is 4.77. The number of unbranched alkanes of at least 4 members (excludes halogenated alkanes) is 3. The largest absolute Gasteiger partial charge is 0.451 e. The van der Waals surface area contributed by atoms with E-state index < -0.39 is 42.0 Å². The average molecular weight is 580 g/mol. The Morgan fingerprint density at radius 2 is 1.74 bits per heavy atom. The molecule has 0 aliphatic carbocycles. The Bertz CT molecular complexity index is 1300. The van der Waals surface area contributed by atoms with E-state index in [0.29, 0.717) is 24.0 Å². The third-order valence-electron chi connectivity index (χ3n) is 6.87. The van der Waals surface area contributed by atoms with Crippen LogP contribution in [0, 0.1) is 6.92 Å². The number of allylic oxidation sites excluding steroid dienone is 1. The molecular weight excluding hydrogens is 542 g/mol. The van der Waals surface area contributed by atoms with Gasteiger partial charge in [-0.3, -0.25) is 19.2 Å². The van der Waals surface area contributed by atoms with Gasteiger partial charge < -0.3 is 19.3 Å². The van der Waals surface area contributed by atoms with Crippen LogP contribution >= 0.6 is 0 Å². The Morgan fingerprint density at radius 3 is 2.38 bits per heavy atom. The first kappa shape index (κ1) is 32.4. The number of carbonyl (C=O) groups excluding carboxylic acids is 5. The summed E-state index contributed by atoms with van der Waals surface area (Å²) in [6, 6.07) is 15.0. The summed E-state index contributed by atoms with van der Waals surface area (Å²) in [4.78, 5) is 66.4. The van der Waals surface area contributed by atoms with Gasteiger partial charge in [0.1, 0.15) is 12.6 Å². The van der Waals surface area contributed by atoms with Gasteiger partial charge in [0.05, 0.1) is 0 Å². The standard InChI is InChI=1S/C32H37NO9/c1-21-12-11-15-24(18-21)25(27(36)16-9-4-5-10-17-34)19-28(37)29(42-22(2)35)30(40-3)31(38)33-26(20-41-32(33)39)23-13-7-6-8-14-23/h6-8,11-15,18-19,26,29-30,34H,4-5,9-10,16-17,20H2,1-3H3/t26-,29-,30+/m1/s1. The summed E-state index contributed by atoms with van der Waals surface area (Å²) in [5, 5.41) is 9.00.